The van der Waals surface area contributed by atoms with Crippen molar-refractivity contribution in [3.63, 3.8) is 0 Å². The molecule has 0 radical (unpaired) electrons. The van der Waals surface area contributed by atoms with Crippen LogP contribution in [0.1, 0.15) is 27.2 Å². The van der Waals surface area contributed by atoms with Gasteiger partial charge in [-0.1, -0.05) is 0 Å². The summed E-state index contributed by atoms with van der Waals surface area (Å²) >= 11 is 0. The van der Waals surface area contributed by atoms with Crippen LogP contribution >= 0.6 is 0 Å². The number of aliphatic hydroxyl groups excluding tert-OH is 1. The van der Waals surface area contributed by atoms with Crippen molar-refractivity contribution in [2.24, 2.45) is 5.92 Å². The predicted octanol–water partition coefficient (Wildman–Crippen LogP) is 0.751. The Morgan fingerprint density at radius 1 is 1.58 bits per heavy atom. The van der Waals surface area contributed by atoms with Crippen LogP contribution < -0.4 is 0 Å². The quantitative estimate of drug-likeness (QED) is 0.668. The molecule has 0 heterocycles. The molecule has 0 saturated heterocycles. The van der Waals surface area contributed by atoms with Gasteiger partial charge in [-0.25, -0.2) is 0 Å². The van der Waals surface area contributed by atoms with Gasteiger partial charge in [-0.2, -0.15) is 0 Å². The van der Waals surface area contributed by atoms with Gasteiger partial charge in [0.25, 0.3) is 0 Å². The second-order valence-corrected chi connectivity index (χ2v) is 4.23. The van der Waals surface area contributed by atoms with Crippen LogP contribution in [0.2, 0.25) is 0 Å². The Morgan fingerprint density at radius 3 is 2.50 bits per heavy atom. The van der Waals surface area contributed by atoms with Gasteiger partial charge in [-0.15, -0.1) is 0 Å². The minimum absolute atomic E-state index is 0.0671. The fourth-order valence-electron chi connectivity index (χ4n) is 1.34. The third-order valence-electron chi connectivity index (χ3n) is 1.97. The summed E-state index contributed by atoms with van der Waals surface area (Å²) in [5.41, 5.74) is -0.223. The Kier molecular flexibility index (Phi) is 2.54. The zero-order valence-electron chi connectivity index (χ0n) is 7.83. The maximum absolute atomic E-state index is 10.9. The van der Waals surface area contributed by atoms with Crippen molar-refractivity contribution in [3.8, 4) is 0 Å². The van der Waals surface area contributed by atoms with E-state index < -0.39 is 0 Å². The predicted molar refractivity (Wildman–Crippen MR) is 44.8 cm³/mol. The summed E-state index contributed by atoms with van der Waals surface area (Å²) in [6, 6.07) is 0. The number of Topliss-reactive ketones (excluding diaryl/α,β-unsaturated/α-hetero) is 1. The van der Waals surface area contributed by atoms with Crippen molar-refractivity contribution in [3.05, 3.63) is 0 Å². The highest BCUT2D eigenvalue weighted by atomic mass is 16.5. The average molecular weight is 172 g/mol. The molecule has 12 heavy (non-hydrogen) atoms. The molecule has 0 aromatic heterocycles. The zero-order valence-corrected chi connectivity index (χ0v) is 7.83. The van der Waals surface area contributed by atoms with E-state index in [1.807, 2.05) is 20.8 Å². The lowest BCUT2D eigenvalue weighted by molar-refractivity contribution is -0.163. The van der Waals surface area contributed by atoms with E-state index in [1.165, 1.54) is 0 Å². The van der Waals surface area contributed by atoms with Gasteiger partial charge in [-0.05, 0) is 20.8 Å². The van der Waals surface area contributed by atoms with Crippen molar-refractivity contribution in [1.29, 1.82) is 0 Å². The van der Waals surface area contributed by atoms with Gasteiger partial charge in [0.1, 0.15) is 5.78 Å². The van der Waals surface area contributed by atoms with Crippen LogP contribution in [0.15, 0.2) is 0 Å². The van der Waals surface area contributed by atoms with E-state index in [1.54, 1.807) is 0 Å². The second kappa shape index (κ2) is 3.15. The van der Waals surface area contributed by atoms with Crippen LogP contribution in [0.3, 0.4) is 0 Å². The molecule has 0 aromatic carbocycles. The van der Waals surface area contributed by atoms with Crippen LogP contribution in [-0.4, -0.2) is 29.2 Å². The van der Waals surface area contributed by atoms with E-state index in [0.29, 0.717) is 6.42 Å². The van der Waals surface area contributed by atoms with Crippen molar-refractivity contribution in [2.75, 3.05) is 6.61 Å². The van der Waals surface area contributed by atoms with E-state index in [0.717, 1.165) is 0 Å². The van der Waals surface area contributed by atoms with Crippen LogP contribution in [0.25, 0.3) is 0 Å². The molecule has 3 heteroatoms. The van der Waals surface area contributed by atoms with E-state index in [-0.39, 0.29) is 30.0 Å². The van der Waals surface area contributed by atoms with Gasteiger partial charge in [0.2, 0.25) is 0 Å². The molecule has 3 nitrogen and oxygen atoms in total. The number of rotatable bonds is 2. The molecule has 1 fully saturated rings. The first-order valence-electron chi connectivity index (χ1n) is 4.25. The van der Waals surface area contributed by atoms with Crippen LogP contribution in [0.5, 0.6) is 0 Å². The third-order valence-corrected chi connectivity index (χ3v) is 1.97. The van der Waals surface area contributed by atoms with E-state index in [9.17, 15) is 4.79 Å². The zero-order chi connectivity index (χ0) is 9.35. The van der Waals surface area contributed by atoms with Gasteiger partial charge in [0.15, 0.2) is 0 Å². The van der Waals surface area contributed by atoms with E-state index >= 15 is 0 Å². The first kappa shape index (κ1) is 9.68. The van der Waals surface area contributed by atoms with Gasteiger partial charge < -0.3 is 9.84 Å². The van der Waals surface area contributed by atoms with Gasteiger partial charge in [0.05, 0.1) is 24.2 Å². The second-order valence-electron chi connectivity index (χ2n) is 4.23. The van der Waals surface area contributed by atoms with E-state index in [2.05, 4.69) is 0 Å². The first-order chi connectivity index (χ1) is 5.44. The van der Waals surface area contributed by atoms with Gasteiger partial charge >= 0.3 is 0 Å². The van der Waals surface area contributed by atoms with Crippen molar-refractivity contribution in [2.45, 2.75) is 38.9 Å². The Morgan fingerprint density at radius 2 is 2.17 bits per heavy atom. The Labute approximate surface area is 72.7 Å². The summed E-state index contributed by atoms with van der Waals surface area (Å²) in [6.07, 6.45) is 0.394. The highest BCUT2D eigenvalue weighted by molar-refractivity contribution is 5.88. The summed E-state index contributed by atoms with van der Waals surface area (Å²) in [5.74, 6) is -0.157. The van der Waals surface area contributed by atoms with Crippen LogP contribution in [0, 0.1) is 5.92 Å². The summed E-state index contributed by atoms with van der Waals surface area (Å²) in [7, 11) is 0. The number of hydrogen-bond acceptors (Lipinski definition) is 3. The molecule has 0 aliphatic heterocycles. The lowest BCUT2D eigenvalue weighted by Gasteiger charge is -2.38. The first-order valence-corrected chi connectivity index (χ1v) is 4.25. The fourth-order valence-corrected chi connectivity index (χ4v) is 1.34. The molecule has 70 valence electrons. The maximum atomic E-state index is 10.9. The lowest BCUT2D eigenvalue weighted by atomic mass is 9.80. The molecular weight excluding hydrogens is 156 g/mol. The molecule has 0 aromatic rings. The minimum atomic E-state index is -0.274. The molecule has 2 atom stereocenters. The highest BCUT2D eigenvalue weighted by Gasteiger charge is 2.41. The Balaban J connectivity index is 2.41. The molecular formula is C9H16O3. The number of ketones is 1. The molecule has 1 N–H and O–H groups in total. The molecule has 2 unspecified atom stereocenters. The van der Waals surface area contributed by atoms with Gasteiger partial charge in [0, 0.05) is 6.42 Å². The molecule has 1 aliphatic carbocycles. The smallest absolute Gasteiger partial charge is 0.143 e. The average Bonchev–Trinajstić information content (AvgIpc) is 1.84. The Hall–Kier alpha value is -0.410. The summed E-state index contributed by atoms with van der Waals surface area (Å²) < 4.78 is 5.57. The summed E-state index contributed by atoms with van der Waals surface area (Å²) in [4.78, 5) is 10.9. The molecule has 1 rings (SSSR count). The van der Waals surface area contributed by atoms with Crippen LogP contribution in [-0.2, 0) is 9.53 Å². The molecule has 1 aliphatic rings. The SMILES string of the molecule is CC(C)(C)OC1CC(=O)C1CO. The van der Waals surface area contributed by atoms with Crippen molar-refractivity contribution >= 4 is 5.78 Å². The largest absolute Gasteiger partial charge is 0.396 e. The van der Waals surface area contributed by atoms with Gasteiger partial charge in [-0.3, -0.25) is 4.79 Å². The number of hydrogen-bond donors (Lipinski definition) is 1. The number of carbonyl (C=O) groups is 1. The Bertz CT molecular complexity index is 181. The topological polar surface area (TPSA) is 46.5 Å². The lowest BCUT2D eigenvalue weighted by Crippen LogP contribution is -2.48. The molecule has 1 saturated carbocycles. The van der Waals surface area contributed by atoms with E-state index in [4.69, 9.17) is 9.84 Å². The number of ether oxygens (including phenoxy) is 1. The summed E-state index contributed by atoms with van der Waals surface area (Å²) in [5, 5.41) is 8.82. The molecule has 0 spiro atoms. The van der Waals surface area contributed by atoms with Crippen molar-refractivity contribution in [1.82, 2.24) is 0 Å². The highest BCUT2D eigenvalue weighted by Crippen LogP contribution is 2.29. The van der Waals surface area contributed by atoms with Crippen LogP contribution in [0.4, 0.5) is 0 Å². The number of aliphatic hydroxyl groups is 1. The molecule has 0 amide bonds. The third kappa shape index (κ3) is 2.05. The minimum Gasteiger partial charge on any atom is -0.396 e. The van der Waals surface area contributed by atoms with Crippen molar-refractivity contribution < 1.29 is 14.6 Å². The summed E-state index contributed by atoms with van der Waals surface area (Å²) in [6.45, 7) is 5.76. The normalized spacial score (nSPS) is 30.2. The fraction of sp³-hybridized carbons (Fsp3) is 0.889. The maximum Gasteiger partial charge on any atom is 0.143 e. The number of carbonyl (C=O) groups excluding carboxylic acids is 1. The standard InChI is InChI=1S/C9H16O3/c1-9(2,3)12-8-4-7(11)6(8)5-10/h6,8,10H,4-5H2,1-3H3. The molecule has 0 bridgehead atoms. The monoisotopic (exact) mass is 172 g/mol.